The zero-order valence-corrected chi connectivity index (χ0v) is 13.0. The van der Waals surface area contributed by atoms with Crippen molar-refractivity contribution < 1.29 is 18.0 Å². The van der Waals surface area contributed by atoms with Gasteiger partial charge in [-0.3, -0.25) is 4.79 Å². The number of carbonyl (C=O) groups is 1. The zero-order valence-electron chi connectivity index (χ0n) is 13.0. The van der Waals surface area contributed by atoms with Gasteiger partial charge in [-0.2, -0.15) is 18.4 Å². The van der Waals surface area contributed by atoms with Gasteiger partial charge in [-0.15, -0.1) is 0 Å². The average molecular weight is 332 g/mol. The molecular weight excluding hydrogens is 317 g/mol. The Morgan fingerprint density at radius 1 is 1.25 bits per heavy atom. The molecule has 1 aromatic rings. The number of alkyl halides is 3. The number of nitrogens with one attached hydrogen (secondary N) is 1. The molecule has 1 aliphatic heterocycles. The molecule has 0 bridgehead atoms. The summed E-state index contributed by atoms with van der Waals surface area (Å²) in [5, 5.41) is 12.5. The van der Waals surface area contributed by atoms with Gasteiger partial charge in [-0.1, -0.05) is 18.2 Å². The molecule has 3 rings (SSSR count). The van der Waals surface area contributed by atoms with E-state index in [4.69, 9.17) is 0 Å². The van der Waals surface area contributed by atoms with E-state index >= 15 is 0 Å². The van der Waals surface area contributed by atoms with Gasteiger partial charge in [0.1, 0.15) is 0 Å². The second-order valence-electron chi connectivity index (χ2n) is 5.96. The van der Waals surface area contributed by atoms with Gasteiger partial charge in [0.2, 0.25) is 0 Å². The van der Waals surface area contributed by atoms with Gasteiger partial charge in [0, 0.05) is 23.4 Å². The lowest BCUT2D eigenvalue weighted by Crippen LogP contribution is -2.32. The Labute approximate surface area is 137 Å². The van der Waals surface area contributed by atoms with Crippen LogP contribution in [-0.4, -0.2) is 5.78 Å². The van der Waals surface area contributed by atoms with Crippen LogP contribution < -0.4 is 5.32 Å². The normalized spacial score (nSPS) is 21.3. The van der Waals surface area contributed by atoms with Crippen LogP contribution in [-0.2, 0) is 11.0 Å². The standard InChI is InChI=1S/C18H15F3N2O/c1-10-12(9-22)16(17-14(23-10)7-4-8-15(17)24)11-5-2-3-6-13(11)18(19,20)21/h2-3,5-6,16,23H,4,7-8H2,1H3. The van der Waals surface area contributed by atoms with Gasteiger partial charge in [0.25, 0.3) is 0 Å². The fourth-order valence-electron chi connectivity index (χ4n) is 3.45. The van der Waals surface area contributed by atoms with Crippen molar-refractivity contribution in [3.63, 3.8) is 0 Å². The Kier molecular flexibility index (Phi) is 3.96. The van der Waals surface area contributed by atoms with E-state index in [1.807, 2.05) is 6.07 Å². The molecule has 3 nitrogen and oxygen atoms in total. The summed E-state index contributed by atoms with van der Waals surface area (Å²) in [6.45, 7) is 1.66. The van der Waals surface area contributed by atoms with Crippen LogP contribution >= 0.6 is 0 Å². The maximum atomic E-state index is 13.4. The summed E-state index contributed by atoms with van der Waals surface area (Å²) in [4.78, 5) is 12.4. The third-order valence-corrected chi connectivity index (χ3v) is 4.47. The molecule has 0 amide bonds. The van der Waals surface area contributed by atoms with Crippen LogP contribution in [0.5, 0.6) is 0 Å². The van der Waals surface area contributed by atoms with Crippen molar-refractivity contribution in [2.24, 2.45) is 0 Å². The third kappa shape index (κ3) is 2.60. The number of rotatable bonds is 1. The summed E-state index contributed by atoms with van der Waals surface area (Å²) in [5.74, 6) is -1.15. The van der Waals surface area contributed by atoms with E-state index in [2.05, 4.69) is 5.32 Å². The number of allylic oxidation sites excluding steroid dienone is 4. The topological polar surface area (TPSA) is 52.9 Å². The number of benzene rings is 1. The Morgan fingerprint density at radius 3 is 2.62 bits per heavy atom. The van der Waals surface area contributed by atoms with Crippen molar-refractivity contribution in [3.8, 4) is 6.07 Å². The lowest BCUT2D eigenvalue weighted by molar-refractivity contribution is -0.138. The minimum atomic E-state index is -4.55. The highest BCUT2D eigenvalue weighted by molar-refractivity contribution is 5.99. The maximum Gasteiger partial charge on any atom is 0.416 e. The lowest BCUT2D eigenvalue weighted by Gasteiger charge is -2.33. The minimum absolute atomic E-state index is 0.0369. The second-order valence-corrected chi connectivity index (χ2v) is 5.96. The molecule has 0 saturated carbocycles. The van der Waals surface area contributed by atoms with E-state index < -0.39 is 17.7 Å². The van der Waals surface area contributed by atoms with E-state index in [9.17, 15) is 23.2 Å². The number of dihydropyridines is 1. The molecule has 1 aromatic carbocycles. The van der Waals surface area contributed by atoms with Crippen molar-refractivity contribution in [1.29, 1.82) is 5.26 Å². The van der Waals surface area contributed by atoms with Gasteiger partial charge >= 0.3 is 6.18 Å². The largest absolute Gasteiger partial charge is 0.416 e. The molecular formula is C18H15F3N2O. The molecule has 0 radical (unpaired) electrons. The quantitative estimate of drug-likeness (QED) is 0.839. The molecule has 1 aliphatic carbocycles. The number of carbonyl (C=O) groups excluding carboxylic acids is 1. The number of Topliss-reactive ketones (excluding diaryl/α,β-unsaturated/α-hetero) is 1. The van der Waals surface area contributed by atoms with Crippen LogP contribution in [0.25, 0.3) is 0 Å². The maximum absolute atomic E-state index is 13.4. The smallest absolute Gasteiger partial charge is 0.361 e. The molecule has 1 unspecified atom stereocenters. The van der Waals surface area contributed by atoms with Crippen molar-refractivity contribution in [2.75, 3.05) is 0 Å². The Bertz CT molecular complexity index is 812. The van der Waals surface area contributed by atoms with Crippen molar-refractivity contribution in [2.45, 2.75) is 38.3 Å². The first kappa shape index (κ1) is 16.3. The molecule has 0 saturated heterocycles. The van der Waals surface area contributed by atoms with Gasteiger partial charge in [0.05, 0.1) is 23.1 Å². The van der Waals surface area contributed by atoms with Crippen LogP contribution in [0.1, 0.15) is 43.2 Å². The van der Waals surface area contributed by atoms with Crippen molar-refractivity contribution in [3.05, 3.63) is 57.9 Å². The number of hydrogen-bond acceptors (Lipinski definition) is 3. The molecule has 0 fully saturated rings. The molecule has 0 aromatic heterocycles. The predicted molar refractivity (Wildman–Crippen MR) is 81.5 cm³/mol. The highest BCUT2D eigenvalue weighted by Crippen LogP contribution is 2.45. The van der Waals surface area contributed by atoms with Gasteiger partial charge in [0.15, 0.2) is 5.78 Å². The molecule has 1 N–H and O–H groups in total. The van der Waals surface area contributed by atoms with Crippen LogP contribution in [0, 0.1) is 11.3 Å². The predicted octanol–water partition coefficient (Wildman–Crippen LogP) is 4.20. The van der Waals surface area contributed by atoms with Gasteiger partial charge in [-0.05, 0) is 31.4 Å². The van der Waals surface area contributed by atoms with Crippen LogP contribution in [0.3, 0.4) is 0 Å². The molecule has 24 heavy (non-hydrogen) atoms. The molecule has 1 heterocycles. The van der Waals surface area contributed by atoms with E-state index in [0.717, 1.165) is 6.07 Å². The third-order valence-electron chi connectivity index (χ3n) is 4.47. The van der Waals surface area contributed by atoms with E-state index in [0.29, 0.717) is 36.2 Å². The molecule has 1 atom stereocenters. The van der Waals surface area contributed by atoms with Crippen LogP contribution in [0.2, 0.25) is 0 Å². The van der Waals surface area contributed by atoms with E-state index in [-0.39, 0.29) is 16.9 Å². The fraction of sp³-hybridized carbons (Fsp3) is 0.333. The second kappa shape index (κ2) is 5.82. The Balaban J connectivity index is 2.27. The number of nitrogens with zero attached hydrogens (tertiary/aromatic N) is 1. The summed E-state index contributed by atoms with van der Waals surface area (Å²) in [7, 11) is 0. The molecule has 6 heteroatoms. The lowest BCUT2D eigenvalue weighted by atomic mass is 9.74. The number of hydrogen-bond donors (Lipinski definition) is 1. The summed E-state index contributed by atoms with van der Waals surface area (Å²) in [5.41, 5.74) is 0.784. The summed E-state index contributed by atoms with van der Waals surface area (Å²) in [6, 6.07) is 7.17. The van der Waals surface area contributed by atoms with Gasteiger partial charge < -0.3 is 5.32 Å². The van der Waals surface area contributed by atoms with Crippen molar-refractivity contribution in [1.82, 2.24) is 5.32 Å². The SMILES string of the molecule is CC1=C(C#N)C(c2ccccc2C(F)(F)F)C2=C(CCCC2=O)N1. The Morgan fingerprint density at radius 2 is 1.96 bits per heavy atom. The molecule has 0 spiro atoms. The zero-order chi connectivity index (χ0) is 17.5. The molecule has 2 aliphatic rings. The number of halogens is 3. The summed E-state index contributed by atoms with van der Waals surface area (Å²) >= 11 is 0. The highest BCUT2D eigenvalue weighted by atomic mass is 19.4. The highest BCUT2D eigenvalue weighted by Gasteiger charge is 2.41. The first-order chi connectivity index (χ1) is 11.3. The van der Waals surface area contributed by atoms with Crippen LogP contribution in [0.4, 0.5) is 13.2 Å². The first-order valence-electron chi connectivity index (χ1n) is 7.65. The van der Waals surface area contributed by atoms with Crippen molar-refractivity contribution >= 4 is 5.78 Å². The first-order valence-corrected chi connectivity index (χ1v) is 7.65. The summed E-state index contributed by atoms with van der Waals surface area (Å²) in [6.07, 6.45) is -2.99. The molecule has 124 valence electrons. The fourth-order valence-corrected chi connectivity index (χ4v) is 3.45. The van der Waals surface area contributed by atoms with Gasteiger partial charge in [-0.25, -0.2) is 0 Å². The minimum Gasteiger partial charge on any atom is -0.361 e. The Hall–Kier alpha value is -2.55. The number of ketones is 1. The van der Waals surface area contributed by atoms with Crippen LogP contribution in [0.15, 0.2) is 46.8 Å². The summed E-state index contributed by atoms with van der Waals surface area (Å²) < 4.78 is 40.3. The van der Waals surface area contributed by atoms with E-state index in [1.54, 1.807) is 6.92 Å². The monoisotopic (exact) mass is 332 g/mol. The number of nitriles is 1. The van der Waals surface area contributed by atoms with E-state index in [1.165, 1.54) is 18.2 Å². The average Bonchev–Trinajstić information content (AvgIpc) is 2.53.